The number of hydrogen-bond donors (Lipinski definition) is 2. The molecular weight excluding hydrogens is 283 g/mol. The van der Waals surface area contributed by atoms with E-state index in [1.165, 1.54) is 6.07 Å². The highest BCUT2D eigenvalue weighted by Gasteiger charge is 2.27. The van der Waals surface area contributed by atoms with Crippen molar-refractivity contribution in [2.24, 2.45) is 18.7 Å². The third-order valence-electron chi connectivity index (χ3n) is 4.45. The average Bonchev–Trinajstić information content (AvgIpc) is 3.06. The SMILES string of the molecule is Cn1c(CCNC(=O)C2CCC(N)C2)nc2c(F)cccc21. The molecule has 2 unspecified atom stereocenters. The number of halogens is 1. The molecule has 6 heteroatoms. The van der Waals surface area contributed by atoms with Crippen molar-refractivity contribution in [3.05, 3.63) is 29.8 Å². The van der Waals surface area contributed by atoms with Crippen LogP contribution in [0.5, 0.6) is 0 Å². The van der Waals surface area contributed by atoms with E-state index >= 15 is 0 Å². The van der Waals surface area contributed by atoms with E-state index in [4.69, 9.17) is 5.73 Å². The minimum atomic E-state index is -0.316. The quantitative estimate of drug-likeness (QED) is 0.899. The Morgan fingerprint density at radius 3 is 3.00 bits per heavy atom. The third kappa shape index (κ3) is 2.83. The highest BCUT2D eigenvalue weighted by Crippen LogP contribution is 2.24. The first kappa shape index (κ1) is 15.0. The number of nitrogens with one attached hydrogen (secondary N) is 1. The fourth-order valence-corrected chi connectivity index (χ4v) is 3.15. The third-order valence-corrected chi connectivity index (χ3v) is 4.45. The number of aryl methyl sites for hydroxylation is 1. The highest BCUT2D eigenvalue weighted by molar-refractivity contribution is 5.79. The lowest BCUT2D eigenvalue weighted by molar-refractivity contribution is -0.124. The molecule has 22 heavy (non-hydrogen) atoms. The van der Waals surface area contributed by atoms with Gasteiger partial charge in [-0.2, -0.15) is 0 Å². The summed E-state index contributed by atoms with van der Waals surface area (Å²) in [5.74, 6) is 0.553. The molecule has 0 bridgehead atoms. The summed E-state index contributed by atoms with van der Waals surface area (Å²) in [6, 6.07) is 5.07. The molecule has 1 aromatic carbocycles. The van der Waals surface area contributed by atoms with Gasteiger partial charge in [0.25, 0.3) is 0 Å². The number of rotatable bonds is 4. The predicted octanol–water partition coefficient (Wildman–Crippen LogP) is 1.50. The molecule has 1 aliphatic carbocycles. The van der Waals surface area contributed by atoms with E-state index in [0.29, 0.717) is 18.5 Å². The van der Waals surface area contributed by atoms with Crippen LogP contribution in [0.4, 0.5) is 4.39 Å². The molecule has 1 aromatic heterocycles. The summed E-state index contributed by atoms with van der Waals surface area (Å²) in [6.45, 7) is 0.503. The smallest absolute Gasteiger partial charge is 0.223 e. The van der Waals surface area contributed by atoms with Crippen LogP contribution in [0, 0.1) is 11.7 Å². The number of imidazole rings is 1. The van der Waals surface area contributed by atoms with Crippen LogP contribution in [0.3, 0.4) is 0 Å². The summed E-state index contributed by atoms with van der Waals surface area (Å²) in [4.78, 5) is 16.4. The van der Waals surface area contributed by atoms with Gasteiger partial charge in [0.1, 0.15) is 11.3 Å². The Morgan fingerprint density at radius 2 is 2.32 bits per heavy atom. The van der Waals surface area contributed by atoms with Crippen LogP contribution < -0.4 is 11.1 Å². The van der Waals surface area contributed by atoms with Crippen LogP contribution in [0.1, 0.15) is 25.1 Å². The number of aromatic nitrogens is 2. The van der Waals surface area contributed by atoms with Gasteiger partial charge in [0.2, 0.25) is 5.91 Å². The largest absolute Gasteiger partial charge is 0.355 e. The topological polar surface area (TPSA) is 72.9 Å². The fraction of sp³-hybridized carbons (Fsp3) is 0.500. The Balaban J connectivity index is 1.61. The number of carbonyl (C=O) groups excluding carboxylic acids is 1. The molecule has 0 aliphatic heterocycles. The lowest BCUT2D eigenvalue weighted by Crippen LogP contribution is -2.32. The first-order valence-electron chi connectivity index (χ1n) is 7.69. The first-order chi connectivity index (χ1) is 10.6. The maximum Gasteiger partial charge on any atom is 0.223 e. The van der Waals surface area contributed by atoms with Crippen LogP contribution in [-0.4, -0.2) is 28.0 Å². The Labute approximate surface area is 128 Å². The Morgan fingerprint density at radius 1 is 1.50 bits per heavy atom. The zero-order valence-corrected chi connectivity index (χ0v) is 12.7. The number of nitrogens with zero attached hydrogens (tertiary/aromatic N) is 2. The predicted molar refractivity (Wildman–Crippen MR) is 82.7 cm³/mol. The van der Waals surface area contributed by atoms with E-state index in [-0.39, 0.29) is 23.7 Å². The van der Waals surface area contributed by atoms with Gasteiger partial charge < -0.3 is 15.6 Å². The van der Waals surface area contributed by atoms with Crippen molar-refractivity contribution in [3.8, 4) is 0 Å². The second kappa shape index (κ2) is 6.04. The van der Waals surface area contributed by atoms with Gasteiger partial charge >= 0.3 is 0 Å². The number of fused-ring (bicyclic) bond motifs is 1. The van der Waals surface area contributed by atoms with Crippen molar-refractivity contribution >= 4 is 16.9 Å². The lowest BCUT2D eigenvalue weighted by Gasteiger charge is -2.10. The summed E-state index contributed by atoms with van der Waals surface area (Å²) in [5, 5.41) is 2.94. The standard InChI is InChI=1S/C16H21FN4O/c1-21-13-4-2-3-12(17)15(13)20-14(21)7-8-19-16(22)10-5-6-11(18)9-10/h2-4,10-11H,5-9,18H2,1H3,(H,19,22). The minimum absolute atomic E-state index is 0.0351. The maximum absolute atomic E-state index is 13.7. The number of nitrogens with two attached hydrogens (primary N) is 1. The summed E-state index contributed by atoms with van der Waals surface area (Å²) in [5.41, 5.74) is 6.98. The molecule has 0 radical (unpaired) electrons. The van der Waals surface area contributed by atoms with Crippen molar-refractivity contribution in [1.82, 2.24) is 14.9 Å². The molecule has 1 aliphatic rings. The van der Waals surface area contributed by atoms with E-state index in [2.05, 4.69) is 10.3 Å². The van der Waals surface area contributed by atoms with Gasteiger partial charge in [0.05, 0.1) is 5.52 Å². The van der Waals surface area contributed by atoms with Crippen molar-refractivity contribution < 1.29 is 9.18 Å². The van der Waals surface area contributed by atoms with Gasteiger partial charge in [-0.3, -0.25) is 4.79 Å². The molecule has 2 atom stereocenters. The van der Waals surface area contributed by atoms with Crippen molar-refractivity contribution in [1.29, 1.82) is 0 Å². The molecule has 1 heterocycles. The van der Waals surface area contributed by atoms with Gasteiger partial charge in [-0.25, -0.2) is 9.37 Å². The number of amides is 1. The molecule has 118 valence electrons. The van der Waals surface area contributed by atoms with Crippen molar-refractivity contribution in [3.63, 3.8) is 0 Å². The van der Waals surface area contributed by atoms with Crippen LogP contribution in [0.15, 0.2) is 18.2 Å². The van der Waals surface area contributed by atoms with Crippen LogP contribution >= 0.6 is 0 Å². The van der Waals surface area contributed by atoms with Gasteiger partial charge in [0.15, 0.2) is 5.82 Å². The number of hydrogen-bond acceptors (Lipinski definition) is 3. The molecule has 1 saturated carbocycles. The number of para-hydroxylation sites is 1. The van der Waals surface area contributed by atoms with E-state index in [1.54, 1.807) is 6.07 Å². The van der Waals surface area contributed by atoms with Gasteiger partial charge in [0, 0.05) is 32.0 Å². The van der Waals surface area contributed by atoms with Crippen LogP contribution in [-0.2, 0) is 18.3 Å². The Bertz CT molecular complexity index is 697. The van der Waals surface area contributed by atoms with Crippen LogP contribution in [0.25, 0.3) is 11.0 Å². The lowest BCUT2D eigenvalue weighted by atomic mass is 10.1. The Hall–Kier alpha value is -1.95. The zero-order chi connectivity index (χ0) is 15.7. The second-order valence-corrected chi connectivity index (χ2v) is 6.01. The minimum Gasteiger partial charge on any atom is -0.355 e. The van der Waals surface area contributed by atoms with Crippen molar-refractivity contribution in [2.75, 3.05) is 6.54 Å². The summed E-state index contributed by atoms with van der Waals surface area (Å²) >= 11 is 0. The monoisotopic (exact) mass is 304 g/mol. The molecule has 5 nitrogen and oxygen atoms in total. The number of carbonyl (C=O) groups is 1. The first-order valence-corrected chi connectivity index (χ1v) is 7.69. The highest BCUT2D eigenvalue weighted by atomic mass is 19.1. The van der Waals surface area contributed by atoms with E-state index in [0.717, 1.165) is 30.6 Å². The summed E-state index contributed by atoms with van der Waals surface area (Å²) in [7, 11) is 1.86. The summed E-state index contributed by atoms with van der Waals surface area (Å²) in [6.07, 6.45) is 3.13. The molecule has 1 fully saturated rings. The summed E-state index contributed by atoms with van der Waals surface area (Å²) < 4.78 is 15.6. The van der Waals surface area contributed by atoms with E-state index in [1.807, 2.05) is 17.7 Å². The van der Waals surface area contributed by atoms with Crippen molar-refractivity contribution in [2.45, 2.75) is 31.7 Å². The molecule has 0 spiro atoms. The van der Waals surface area contributed by atoms with Gasteiger partial charge in [-0.15, -0.1) is 0 Å². The Kier molecular flexibility index (Phi) is 4.11. The zero-order valence-electron chi connectivity index (χ0n) is 12.7. The maximum atomic E-state index is 13.7. The van der Waals surface area contributed by atoms with Crippen LogP contribution in [0.2, 0.25) is 0 Å². The molecule has 2 aromatic rings. The van der Waals surface area contributed by atoms with E-state index in [9.17, 15) is 9.18 Å². The molecule has 3 N–H and O–H groups in total. The molecule has 3 rings (SSSR count). The normalized spacial score (nSPS) is 21.4. The van der Waals surface area contributed by atoms with Gasteiger partial charge in [-0.05, 0) is 31.4 Å². The van der Waals surface area contributed by atoms with E-state index < -0.39 is 0 Å². The molecule has 1 amide bonds. The number of benzene rings is 1. The molecular formula is C16H21FN4O. The van der Waals surface area contributed by atoms with Gasteiger partial charge in [-0.1, -0.05) is 6.07 Å². The second-order valence-electron chi connectivity index (χ2n) is 6.01. The fourth-order valence-electron chi connectivity index (χ4n) is 3.15. The molecule has 0 saturated heterocycles. The average molecular weight is 304 g/mol.